The highest BCUT2D eigenvalue weighted by Gasteiger charge is 2.28. The first kappa shape index (κ1) is 10.9. The first-order chi connectivity index (χ1) is 7.16. The first-order valence-electron chi connectivity index (χ1n) is 4.74. The standard InChI is InChI=1S/C10H12ClNO2S/c1-6-2-9(15-5-6)10(13)12-8-4-14-3-7(8)11/h2,5,7-8H,3-4H2,1H3,(H,12,13). The van der Waals surface area contributed by atoms with Gasteiger partial charge in [-0.05, 0) is 23.9 Å². The third kappa shape index (κ3) is 2.51. The molecule has 0 aromatic carbocycles. The van der Waals surface area contributed by atoms with Gasteiger partial charge in [-0.1, -0.05) is 0 Å². The Kier molecular flexibility index (Phi) is 3.29. The van der Waals surface area contributed by atoms with Crippen molar-refractivity contribution in [3.05, 3.63) is 21.9 Å². The van der Waals surface area contributed by atoms with Gasteiger partial charge in [0.2, 0.25) is 0 Å². The summed E-state index contributed by atoms with van der Waals surface area (Å²) in [7, 11) is 0. The summed E-state index contributed by atoms with van der Waals surface area (Å²) in [5, 5.41) is 4.71. The van der Waals surface area contributed by atoms with Crippen molar-refractivity contribution >= 4 is 28.8 Å². The number of hydrogen-bond acceptors (Lipinski definition) is 3. The van der Waals surface area contributed by atoms with Crippen molar-refractivity contribution in [3.8, 4) is 0 Å². The molecule has 0 spiro atoms. The number of alkyl halides is 1. The molecule has 1 amide bonds. The molecule has 1 aromatic heterocycles. The molecule has 0 saturated carbocycles. The highest BCUT2D eigenvalue weighted by atomic mass is 35.5. The lowest BCUT2D eigenvalue weighted by atomic mass is 10.2. The summed E-state index contributed by atoms with van der Waals surface area (Å²) in [6.45, 7) is 2.98. The van der Waals surface area contributed by atoms with Crippen LogP contribution in [-0.2, 0) is 4.74 Å². The van der Waals surface area contributed by atoms with Gasteiger partial charge in [-0.2, -0.15) is 0 Å². The number of amides is 1. The highest BCUT2D eigenvalue weighted by Crippen LogP contribution is 2.16. The zero-order valence-corrected chi connectivity index (χ0v) is 9.90. The van der Waals surface area contributed by atoms with Crippen molar-refractivity contribution in [2.45, 2.75) is 18.3 Å². The third-order valence-electron chi connectivity index (χ3n) is 2.28. The van der Waals surface area contributed by atoms with Gasteiger partial charge in [0.25, 0.3) is 5.91 Å². The quantitative estimate of drug-likeness (QED) is 0.807. The summed E-state index contributed by atoms with van der Waals surface area (Å²) in [5.41, 5.74) is 1.11. The number of aryl methyl sites for hydroxylation is 1. The maximum absolute atomic E-state index is 11.7. The van der Waals surface area contributed by atoms with Crippen LogP contribution in [0.25, 0.3) is 0 Å². The van der Waals surface area contributed by atoms with E-state index < -0.39 is 0 Å². The Hall–Kier alpha value is -0.580. The van der Waals surface area contributed by atoms with E-state index in [1.807, 2.05) is 18.4 Å². The lowest BCUT2D eigenvalue weighted by molar-refractivity contribution is 0.0934. The number of thiophene rings is 1. The number of halogens is 1. The Morgan fingerprint density at radius 2 is 2.47 bits per heavy atom. The molecule has 3 nitrogen and oxygen atoms in total. The average Bonchev–Trinajstić information content (AvgIpc) is 2.77. The van der Waals surface area contributed by atoms with Crippen LogP contribution in [0, 0.1) is 6.92 Å². The van der Waals surface area contributed by atoms with Gasteiger partial charge < -0.3 is 10.1 Å². The fourth-order valence-corrected chi connectivity index (χ4v) is 2.48. The van der Waals surface area contributed by atoms with Gasteiger partial charge >= 0.3 is 0 Å². The van der Waals surface area contributed by atoms with E-state index in [1.165, 1.54) is 11.3 Å². The van der Waals surface area contributed by atoms with Crippen molar-refractivity contribution in [2.75, 3.05) is 13.2 Å². The summed E-state index contributed by atoms with van der Waals surface area (Å²) < 4.78 is 5.17. The van der Waals surface area contributed by atoms with Crippen LogP contribution in [0.4, 0.5) is 0 Å². The van der Waals surface area contributed by atoms with Crippen LogP contribution in [0.15, 0.2) is 11.4 Å². The lowest BCUT2D eigenvalue weighted by Gasteiger charge is -2.12. The van der Waals surface area contributed by atoms with Crippen molar-refractivity contribution in [2.24, 2.45) is 0 Å². The molecule has 1 saturated heterocycles. The third-order valence-corrected chi connectivity index (χ3v) is 3.76. The van der Waals surface area contributed by atoms with Crippen LogP contribution in [-0.4, -0.2) is 30.5 Å². The fourth-order valence-electron chi connectivity index (χ4n) is 1.45. The van der Waals surface area contributed by atoms with Crippen LogP contribution < -0.4 is 5.32 Å². The first-order valence-corrected chi connectivity index (χ1v) is 6.06. The van der Waals surface area contributed by atoms with Crippen LogP contribution in [0.1, 0.15) is 15.2 Å². The van der Waals surface area contributed by atoms with Crippen molar-refractivity contribution in [1.29, 1.82) is 0 Å². The molecule has 15 heavy (non-hydrogen) atoms. The van der Waals surface area contributed by atoms with E-state index >= 15 is 0 Å². The zero-order valence-electron chi connectivity index (χ0n) is 8.33. The molecule has 2 rings (SSSR count). The number of rotatable bonds is 2. The van der Waals surface area contributed by atoms with Gasteiger partial charge in [-0.3, -0.25) is 4.79 Å². The monoisotopic (exact) mass is 245 g/mol. The van der Waals surface area contributed by atoms with Crippen molar-refractivity contribution < 1.29 is 9.53 Å². The van der Waals surface area contributed by atoms with E-state index in [1.54, 1.807) is 0 Å². The Balaban J connectivity index is 1.97. The van der Waals surface area contributed by atoms with Crippen LogP contribution in [0.2, 0.25) is 0 Å². The second kappa shape index (κ2) is 4.51. The molecular formula is C10H12ClNO2S. The molecule has 82 valence electrons. The van der Waals surface area contributed by atoms with Gasteiger partial charge in [0, 0.05) is 0 Å². The van der Waals surface area contributed by atoms with Crippen LogP contribution in [0.5, 0.6) is 0 Å². The smallest absolute Gasteiger partial charge is 0.261 e. The Bertz CT molecular complexity index is 366. The van der Waals surface area contributed by atoms with Gasteiger partial charge in [0.05, 0.1) is 29.5 Å². The van der Waals surface area contributed by atoms with Gasteiger partial charge in [-0.25, -0.2) is 0 Å². The lowest BCUT2D eigenvalue weighted by Crippen LogP contribution is -2.40. The van der Waals surface area contributed by atoms with E-state index in [-0.39, 0.29) is 17.3 Å². The van der Waals surface area contributed by atoms with Crippen molar-refractivity contribution in [1.82, 2.24) is 5.32 Å². The molecule has 1 N–H and O–H groups in total. The molecule has 0 radical (unpaired) electrons. The molecule has 1 aliphatic heterocycles. The number of nitrogens with one attached hydrogen (secondary N) is 1. The molecule has 2 heterocycles. The average molecular weight is 246 g/mol. The molecule has 0 aliphatic carbocycles. The molecule has 2 unspecified atom stereocenters. The fraction of sp³-hybridized carbons (Fsp3) is 0.500. The summed E-state index contributed by atoms with van der Waals surface area (Å²) in [5.74, 6) is -0.0609. The zero-order chi connectivity index (χ0) is 10.8. The van der Waals surface area contributed by atoms with Gasteiger partial charge in [0.15, 0.2) is 0 Å². The van der Waals surface area contributed by atoms with E-state index in [9.17, 15) is 4.79 Å². The normalized spacial score (nSPS) is 25.5. The summed E-state index contributed by atoms with van der Waals surface area (Å²) in [6.07, 6.45) is 0. The molecule has 5 heteroatoms. The number of carbonyl (C=O) groups is 1. The SMILES string of the molecule is Cc1csc(C(=O)NC2COCC2Cl)c1. The van der Waals surface area contributed by atoms with E-state index in [0.717, 1.165) is 10.4 Å². The minimum Gasteiger partial charge on any atom is -0.378 e. The Morgan fingerprint density at radius 3 is 3.00 bits per heavy atom. The second-order valence-electron chi connectivity index (χ2n) is 3.62. The summed E-state index contributed by atoms with van der Waals surface area (Å²) >= 11 is 7.42. The maximum atomic E-state index is 11.7. The molecule has 1 fully saturated rings. The minimum atomic E-state index is -0.116. The summed E-state index contributed by atoms with van der Waals surface area (Å²) in [6, 6.07) is 1.81. The van der Waals surface area contributed by atoms with Gasteiger partial charge in [0.1, 0.15) is 0 Å². The molecule has 1 aromatic rings. The van der Waals surface area contributed by atoms with E-state index in [0.29, 0.717) is 13.2 Å². The number of carbonyl (C=O) groups excluding carboxylic acids is 1. The molecule has 2 atom stereocenters. The predicted octanol–water partition coefficient (Wildman–Crippen LogP) is 1.79. The maximum Gasteiger partial charge on any atom is 0.261 e. The Labute approximate surface area is 97.4 Å². The largest absolute Gasteiger partial charge is 0.378 e. The highest BCUT2D eigenvalue weighted by molar-refractivity contribution is 7.12. The van der Waals surface area contributed by atoms with E-state index in [2.05, 4.69) is 5.32 Å². The second-order valence-corrected chi connectivity index (χ2v) is 5.09. The molecular weight excluding hydrogens is 234 g/mol. The van der Waals surface area contributed by atoms with Gasteiger partial charge in [-0.15, -0.1) is 22.9 Å². The van der Waals surface area contributed by atoms with Crippen LogP contribution in [0.3, 0.4) is 0 Å². The van der Waals surface area contributed by atoms with E-state index in [4.69, 9.17) is 16.3 Å². The minimum absolute atomic E-state index is 0.0609. The predicted molar refractivity (Wildman–Crippen MR) is 60.8 cm³/mol. The summed E-state index contributed by atoms with van der Waals surface area (Å²) in [4.78, 5) is 12.5. The van der Waals surface area contributed by atoms with Crippen molar-refractivity contribution in [3.63, 3.8) is 0 Å². The Morgan fingerprint density at radius 1 is 1.67 bits per heavy atom. The number of hydrogen-bond donors (Lipinski definition) is 1. The molecule has 0 bridgehead atoms. The van der Waals surface area contributed by atoms with Crippen LogP contribution >= 0.6 is 22.9 Å². The topological polar surface area (TPSA) is 38.3 Å². The molecule has 1 aliphatic rings. The number of ether oxygens (including phenoxy) is 1.